The van der Waals surface area contributed by atoms with E-state index in [0.29, 0.717) is 13.0 Å². The van der Waals surface area contributed by atoms with Gasteiger partial charge in [0.2, 0.25) is 5.91 Å². The summed E-state index contributed by atoms with van der Waals surface area (Å²) < 4.78 is 5.19. The summed E-state index contributed by atoms with van der Waals surface area (Å²) in [5, 5.41) is 5.98. The van der Waals surface area contributed by atoms with Crippen molar-refractivity contribution in [2.75, 3.05) is 20.2 Å². The van der Waals surface area contributed by atoms with E-state index in [1.807, 2.05) is 30.4 Å². The zero-order valence-electron chi connectivity index (χ0n) is 15.2. The first kappa shape index (κ1) is 19.4. The average molecular weight is 393 g/mol. The summed E-state index contributed by atoms with van der Waals surface area (Å²) in [5.41, 5.74) is 2.58. The lowest BCUT2D eigenvalue weighted by Gasteiger charge is -2.35. The number of fused-ring (bicyclic) bond motifs is 1. The van der Waals surface area contributed by atoms with Crippen molar-refractivity contribution >= 4 is 28.8 Å². The van der Waals surface area contributed by atoms with E-state index < -0.39 is 0 Å². The first-order valence-corrected chi connectivity index (χ1v) is 10.2. The Kier molecular flexibility index (Phi) is 6.70. The fraction of sp³-hybridized carbons (Fsp3) is 0.450. The zero-order chi connectivity index (χ0) is 18.5. The number of thiophene rings is 1. The molecule has 140 valence electrons. The number of rotatable bonds is 7. The van der Waals surface area contributed by atoms with E-state index in [1.165, 1.54) is 16.0 Å². The summed E-state index contributed by atoms with van der Waals surface area (Å²) in [6.45, 7) is 4.39. The minimum Gasteiger partial charge on any atom is -0.381 e. The molecule has 1 amide bonds. The average Bonchev–Trinajstić information content (AvgIpc) is 3.11. The van der Waals surface area contributed by atoms with Gasteiger partial charge in [0, 0.05) is 36.6 Å². The lowest BCUT2D eigenvalue weighted by atomic mass is 10.0. The van der Waals surface area contributed by atoms with Crippen molar-refractivity contribution in [3.63, 3.8) is 0 Å². The van der Waals surface area contributed by atoms with Crippen LogP contribution in [0.4, 0.5) is 0 Å². The van der Waals surface area contributed by atoms with Gasteiger partial charge in [0.15, 0.2) is 0 Å². The lowest BCUT2D eigenvalue weighted by molar-refractivity contribution is -0.123. The third-order valence-corrected chi connectivity index (χ3v) is 6.18. The maximum Gasteiger partial charge on any atom is 0.222 e. The Balaban J connectivity index is 1.72. The van der Waals surface area contributed by atoms with Gasteiger partial charge < -0.3 is 10.1 Å². The number of methoxy groups -OCH3 is 1. The Bertz CT molecular complexity index is 732. The Morgan fingerprint density at radius 2 is 2.12 bits per heavy atom. The van der Waals surface area contributed by atoms with Crippen molar-refractivity contribution in [2.24, 2.45) is 0 Å². The summed E-state index contributed by atoms with van der Waals surface area (Å²) in [6, 6.07) is 10.3. The first-order chi connectivity index (χ1) is 12.6. The molecule has 1 aliphatic rings. The maximum absolute atomic E-state index is 12.2. The van der Waals surface area contributed by atoms with Crippen LogP contribution in [-0.2, 0) is 22.5 Å². The molecule has 1 aliphatic heterocycles. The van der Waals surface area contributed by atoms with Gasteiger partial charge in [0.05, 0.1) is 18.6 Å². The van der Waals surface area contributed by atoms with Crippen molar-refractivity contribution in [2.45, 2.75) is 38.5 Å². The highest BCUT2D eigenvalue weighted by Gasteiger charge is 2.26. The number of carbonyl (C=O) groups is 1. The van der Waals surface area contributed by atoms with Crippen LogP contribution < -0.4 is 5.32 Å². The van der Waals surface area contributed by atoms with Gasteiger partial charge in [-0.25, -0.2) is 0 Å². The summed E-state index contributed by atoms with van der Waals surface area (Å²) in [7, 11) is 1.63. The molecule has 3 rings (SSSR count). The molecule has 2 heterocycles. The molecule has 2 unspecified atom stereocenters. The monoisotopic (exact) mass is 392 g/mol. The van der Waals surface area contributed by atoms with Crippen LogP contribution in [0.15, 0.2) is 35.7 Å². The van der Waals surface area contributed by atoms with Crippen LogP contribution in [0, 0.1) is 0 Å². The molecule has 0 radical (unpaired) electrons. The highest BCUT2D eigenvalue weighted by molar-refractivity contribution is 7.10. The number of amides is 1. The predicted octanol–water partition coefficient (Wildman–Crippen LogP) is 4.04. The standard InChI is InChI=1S/C20H25ClN2O2S/c1-14(25-2)11-20(24)22-12-18(15-3-5-17(21)6-4-15)23-9-7-19-16(13-23)8-10-26-19/h3-6,8,10,14,18H,7,9,11-13H2,1-2H3,(H,22,24). The second kappa shape index (κ2) is 9.00. The van der Waals surface area contributed by atoms with E-state index >= 15 is 0 Å². The quantitative estimate of drug-likeness (QED) is 0.773. The molecule has 1 aromatic carbocycles. The van der Waals surface area contributed by atoms with E-state index in [0.717, 1.165) is 24.5 Å². The molecule has 0 spiro atoms. The van der Waals surface area contributed by atoms with Crippen LogP contribution in [0.25, 0.3) is 0 Å². The molecule has 4 nitrogen and oxygen atoms in total. The van der Waals surface area contributed by atoms with E-state index in [1.54, 1.807) is 7.11 Å². The molecule has 0 saturated carbocycles. The van der Waals surface area contributed by atoms with Crippen molar-refractivity contribution in [1.82, 2.24) is 10.2 Å². The van der Waals surface area contributed by atoms with Gasteiger partial charge in [0.1, 0.15) is 0 Å². The van der Waals surface area contributed by atoms with E-state index in [9.17, 15) is 4.79 Å². The molecule has 0 bridgehead atoms. The van der Waals surface area contributed by atoms with Crippen molar-refractivity contribution in [3.05, 3.63) is 56.7 Å². The highest BCUT2D eigenvalue weighted by Crippen LogP contribution is 2.30. The van der Waals surface area contributed by atoms with Gasteiger partial charge in [-0.05, 0) is 48.1 Å². The van der Waals surface area contributed by atoms with Crippen LogP contribution in [0.1, 0.15) is 35.4 Å². The van der Waals surface area contributed by atoms with Crippen LogP contribution in [0.5, 0.6) is 0 Å². The number of nitrogens with one attached hydrogen (secondary N) is 1. The maximum atomic E-state index is 12.2. The van der Waals surface area contributed by atoms with Gasteiger partial charge in [-0.1, -0.05) is 23.7 Å². The molecule has 2 aromatic rings. The second-order valence-corrected chi connectivity index (χ2v) is 8.15. The van der Waals surface area contributed by atoms with E-state index in [2.05, 4.69) is 33.8 Å². The van der Waals surface area contributed by atoms with Crippen molar-refractivity contribution in [3.8, 4) is 0 Å². The topological polar surface area (TPSA) is 41.6 Å². The number of hydrogen-bond acceptors (Lipinski definition) is 4. The number of carbonyl (C=O) groups excluding carboxylic acids is 1. The van der Waals surface area contributed by atoms with Gasteiger partial charge >= 0.3 is 0 Å². The SMILES string of the molecule is COC(C)CC(=O)NCC(c1ccc(Cl)cc1)N1CCc2sccc2C1. The predicted molar refractivity (Wildman–Crippen MR) is 107 cm³/mol. The molecule has 1 aromatic heterocycles. The van der Waals surface area contributed by atoms with Gasteiger partial charge in [-0.3, -0.25) is 9.69 Å². The Labute approximate surface area is 164 Å². The Hall–Kier alpha value is -1.40. The molecule has 2 atom stereocenters. The number of ether oxygens (including phenoxy) is 1. The van der Waals surface area contributed by atoms with Crippen LogP contribution in [-0.4, -0.2) is 37.1 Å². The van der Waals surface area contributed by atoms with Gasteiger partial charge in [0.25, 0.3) is 0 Å². The summed E-state index contributed by atoms with van der Waals surface area (Å²) in [5.74, 6) is 0.0199. The third-order valence-electron chi connectivity index (χ3n) is 4.90. The normalized spacial score (nSPS) is 16.7. The third kappa shape index (κ3) is 4.86. The fourth-order valence-electron chi connectivity index (χ4n) is 3.31. The summed E-state index contributed by atoms with van der Waals surface area (Å²) in [6.07, 6.45) is 1.36. The molecule has 26 heavy (non-hydrogen) atoms. The number of hydrogen-bond donors (Lipinski definition) is 1. The van der Waals surface area contributed by atoms with E-state index in [4.69, 9.17) is 16.3 Å². The Morgan fingerprint density at radius 1 is 1.35 bits per heavy atom. The van der Waals surface area contributed by atoms with Crippen LogP contribution in [0.3, 0.4) is 0 Å². The van der Waals surface area contributed by atoms with Crippen molar-refractivity contribution in [1.29, 1.82) is 0 Å². The van der Waals surface area contributed by atoms with E-state index in [-0.39, 0.29) is 18.1 Å². The zero-order valence-corrected chi connectivity index (χ0v) is 16.8. The molecule has 6 heteroatoms. The Morgan fingerprint density at radius 3 is 2.85 bits per heavy atom. The summed E-state index contributed by atoms with van der Waals surface area (Å²) in [4.78, 5) is 16.1. The minimum atomic E-state index is -0.0765. The lowest BCUT2D eigenvalue weighted by Crippen LogP contribution is -2.40. The van der Waals surface area contributed by atoms with Crippen LogP contribution in [0.2, 0.25) is 5.02 Å². The highest BCUT2D eigenvalue weighted by atomic mass is 35.5. The van der Waals surface area contributed by atoms with Crippen LogP contribution >= 0.6 is 22.9 Å². The molecule has 0 aliphatic carbocycles. The largest absolute Gasteiger partial charge is 0.381 e. The molecule has 0 fully saturated rings. The number of nitrogens with zero attached hydrogens (tertiary/aromatic N) is 1. The smallest absolute Gasteiger partial charge is 0.222 e. The molecule has 1 N–H and O–H groups in total. The summed E-state index contributed by atoms with van der Waals surface area (Å²) >= 11 is 7.90. The minimum absolute atomic E-state index is 0.0199. The van der Waals surface area contributed by atoms with Crippen molar-refractivity contribution < 1.29 is 9.53 Å². The molecular formula is C20H25ClN2O2S. The number of benzene rings is 1. The number of halogens is 1. The first-order valence-electron chi connectivity index (χ1n) is 8.91. The fourth-order valence-corrected chi connectivity index (χ4v) is 4.32. The molecular weight excluding hydrogens is 368 g/mol. The van der Waals surface area contributed by atoms with Gasteiger partial charge in [-0.15, -0.1) is 11.3 Å². The molecule has 0 saturated heterocycles. The second-order valence-electron chi connectivity index (χ2n) is 6.71. The van der Waals surface area contributed by atoms with Gasteiger partial charge in [-0.2, -0.15) is 0 Å².